The van der Waals surface area contributed by atoms with E-state index in [1.165, 1.54) is 12.1 Å². The van der Waals surface area contributed by atoms with Gasteiger partial charge in [-0.25, -0.2) is 32.2 Å². The molecule has 1 amide bonds. The molecule has 1 aromatic heterocycles. The van der Waals surface area contributed by atoms with Crippen molar-refractivity contribution in [3.63, 3.8) is 0 Å². The Balaban J connectivity index is 0.000000784. The number of hydrogen-bond donors (Lipinski definition) is 2. The molecule has 35 heavy (non-hydrogen) atoms. The third-order valence-corrected chi connectivity index (χ3v) is 5.91. The molecule has 0 fully saturated rings. The summed E-state index contributed by atoms with van der Waals surface area (Å²) in [5.41, 5.74) is 5.24. The number of hydrogen-bond acceptors (Lipinski definition) is 7. The lowest BCUT2D eigenvalue weighted by atomic mass is 10.0. The van der Waals surface area contributed by atoms with Gasteiger partial charge in [0.15, 0.2) is 11.4 Å². The highest BCUT2D eigenvalue weighted by atomic mass is 35.7. The van der Waals surface area contributed by atoms with Crippen LogP contribution in [0.15, 0.2) is 71.6 Å². The zero-order valence-corrected chi connectivity index (χ0v) is 20.7. The molecule has 0 saturated heterocycles. The maximum atomic E-state index is 12.4. The Labute approximate surface area is 206 Å². The first-order valence-corrected chi connectivity index (χ1v) is 13.1. The number of aromatic nitrogens is 1. The van der Waals surface area contributed by atoms with Crippen LogP contribution in [0.25, 0.3) is 11.1 Å². The Morgan fingerprint density at radius 3 is 1.91 bits per heavy atom. The number of amides is 1. The van der Waals surface area contributed by atoms with Gasteiger partial charge in [0.05, 0.1) is 4.90 Å². The van der Waals surface area contributed by atoms with Crippen molar-refractivity contribution >= 4 is 15.9 Å². The summed E-state index contributed by atoms with van der Waals surface area (Å²) in [6.07, 6.45) is 0.603. The standard InChI is InChI=1S/C23H25N3O3S.ClHO4/c1-17-14-21(20-6-4-3-5-7-20)15-18(2)26(17)16-23(27)25-13-12-19-8-10-22(11-9-19)30(24,28)29;2-1(3,4)5/h3-11,14-15H,12-13,16H2,1-2H3,(H2-,24,25,27,28,29);(H,2,3,4,5). The number of aryl methyl sites for hydroxylation is 2. The van der Waals surface area contributed by atoms with Gasteiger partial charge >= 0.3 is 0 Å². The van der Waals surface area contributed by atoms with E-state index in [9.17, 15) is 13.2 Å². The molecule has 3 N–H and O–H groups in total. The number of primary sulfonamides is 1. The van der Waals surface area contributed by atoms with Crippen LogP contribution >= 0.6 is 0 Å². The van der Waals surface area contributed by atoms with E-state index < -0.39 is 20.3 Å². The Kier molecular flexibility index (Phi) is 9.86. The molecule has 2 aromatic carbocycles. The van der Waals surface area contributed by atoms with E-state index in [0.717, 1.165) is 28.1 Å². The summed E-state index contributed by atoms with van der Waals surface area (Å²) in [7, 11) is -8.63. The number of pyridine rings is 1. The lowest BCUT2D eigenvalue weighted by molar-refractivity contribution is -2.00. The number of rotatable bonds is 7. The Bertz CT molecular complexity index is 1220. The summed E-state index contributed by atoms with van der Waals surface area (Å²) < 4.78 is 58.6. The maximum absolute atomic E-state index is 12.4. The summed E-state index contributed by atoms with van der Waals surface area (Å²) >= 11 is 0. The van der Waals surface area contributed by atoms with Crippen LogP contribution in [0.2, 0.25) is 0 Å². The third-order valence-electron chi connectivity index (χ3n) is 4.98. The van der Waals surface area contributed by atoms with Gasteiger partial charge in [-0.15, -0.1) is 10.2 Å². The monoisotopic (exact) mass is 523 g/mol. The number of carbonyl (C=O) groups excluding carboxylic acids is 1. The predicted molar refractivity (Wildman–Crippen MR) is 116 cm³/mol. The fourth-order valence-corrected chi connectivity index (χ4v) is 3.88. The molecule has 0 saturated carbocycles. The predicted octanol–water partition coefficient (Wildman–Crippen LogP) is -2.49. The first-order chi connectivity index (χ1) is 16.2. The molecule has 0 atom stereocenters. The quantitative estimate of drug-likeness (QED) is 0.320. The normalized spacial score (nSPS) is 11.4. The van der Waals surface area contributed by atoms with Crippen molar-refractivity contribution in [2.24, 2.45) is 5.14 Å². The maximum Gasteiger partial charge on any atom is 0.286 e. The van der Waals surface area contributed by atoms with Gasteiger partial charge < -0.3 is 5.32 Å². The highest BCUT2D eigenvalue weighted by Crippen LogP contribution is 2.19. The van der Waals surface area contributed by atoms with Crippen molar-refractivity contribution in [2.45, 2.75) is 31.7 Å². The number of sulfonamides is 1. The molecule has 0 unspecified atom stereocenters. The lowest BCUT2D eigenvalue weighted by Crippen LogP contribution is -2.68. The summed E-state index contributed by atoms with van der Waals surface area (Å²) in [6.45, 7) is 4.71. The largest absolute Gasteiger partial charge is 0.350 e. The minimum absolute atomic E-state index is 0.0696. The average molecular weight is 524 g/mol. The molecule has 0 spiro atoms. The fraction of sp³-hybridized carbons (Fsp3) is 0.217. The highest BCUT2D eigenvalue weighted by Gasteiger charge is 2.17. The Morgan fingerprint density at radius 1 is 0.914 bits per heavy atom. The molecule has 0 radical (unpaired) electrons. The van der Waals surface area contributed by atoms with Crippen LogP contribution in [0.5, 0.6) is 0 Å². The van der Waals surface area contributed by atoms with Crippen LogP contribution in [-0.4, -0.2) is 20.9 Å². The average Bonchev–Trinajstić information content (AvgIpc) is 2.75. The minimum atomic E-state index is -4.94. The summed E-state index contributed by atoms with van der Waals surface area (Å²) in [5.74, 6) is -0.0696. The molecule has 0 aliphatic rings. The van der Waals surface area contributed by atoms with E-state index in [0.29, 0.717) is 13.0 Å². The van der Waals surface area contributed by atoms with Gasteiger partial charge in [-0.1, -0.05) is 42.5 Å². The molecule has 1 heterocycles. The number of carbonyl (C=O) groups is 1. The van der Waals surface area contributed by atoms with Crippen molar-refractivity contribution in [1.82, 2.24) is 5.32 Å². The first-order valence-electron chi connectivity index (χ1n) is 10.3. The van der Waals surface area contributed by atoms with Crippen molar-refractivity contribution in [3.8, 4) is 11.1 Å². The van der Waals surface area contributed by atoms with Crippen LogP contribution < -0.4 is 33.7 Å². The van der Waals surface area contributed by atoms with Crippen LogP contribution in [0.4, 0.5) is 0 Å². The molecule has 3 rings (SSSR count). The molecule has 10 nitrogen and oxygen atoms in total. The smallest absolute Gasteiger partial charge is 0.286 e. The molecular weight excluding hydrogens is 498 g/mol. The van der Waals surface area contributed by atoms with Crippen molar-refractivity contribution in [1.29, 1.82) is 0 Å². The van der Waals surface area contributed by atoms with Gasteiger partial charge in [-0.05, 0) is 35.2 Å². The zero-order valence-electron chi connectivity index (χ0n) is 19.1. The molecule has 0 aliphatic carbocycles. The van der Waals surface area contributed by atoms with E-state index >= 15 is 0 Å². The second kappa shape index (κ2) is 12.2. The SMILES string of the molecule is Cc1cc(-c2ccccc2)cc(C)[n+]1CC(=O)NCCc1ccc(S(N)(=O)=O)cc1.[O-][Cl+3]([O-])([O-])[O-]. The van der Waals surface area contributed by atoms with Gasteiger partial charge in [0.2, 0.25) is 16.6 Å². The van der Waals surface area contributed by atoms with Gasteiger partial charge in [0.1, 0.15) is 0 Å². The van der Waals surface area contributed by atoms with Crippen LogP contribution in [-0.2, 0) is 27.8 Å². The molecule has 0 aliphatic heterocycles. The van der Waals surface area contributed by atoms with E-state index in [-0.39, 0.29) is 17.3 Å². The van der Waals surface area contributed by atoms with Crippen LogP contribution in [0, 0.1) is 24.1 Å². The topological polar surface area (TPSA) is 185 Å². The molecule has 3 aromatic rings. The number of halogens is 1. The van der Waals surface area contributed by atoms with Gasteiger partial charge in [0, 0.05) is 32.5 Å². The number of benzene rings is 2. The Hall–Kier alpha value is -2.90. The number of nitrogens with one attached hydrogen (secondary N) is 1. The van der Waals surface area contributed by atoms with E-state index in [2.05, 4.69) is 29.6 Å². The molecular formula is C23H26ClN3O7S. The molecule has 0 bridgehead atoms. The third kappa shape index (κ3) is 10.1. The van der Waals surface area contributed by atoms with Gasteiger partial charge in [-0.2, -0.15) is 4.57 Å². The molecule has 12 heteroatoms. The second-order valence-corrected chi connectivity index (χ2v) is 9.96. The highest BCUT2D eigenvalue weighted by molar-refractivity contribution is 7.89. The minimum Gasteiger partial charge on any atom is -0.350 e. The van der Waals surface area contributed by atoms with Crippen molar-refractivity contribution in [3.05, 3.63) is 83.7 Å². The molecule has 188 valence electrons. The first kappa shape index (κ1) is 28.3. The number of nitrogens with zero attached hydrogens (tertiary/aromatic N) is 1. The van der Waals surface area contributed by atoms with Gasteiger partial charge in [0.25, 0.3) is 5.91 Å². The van der Waals surface area contributed by atoms with Crippen LogP contribution in [0.3, 0.4) is 0 Å². The number of nitrogens with two attached hydrogens (primary N) is 1. The second-order valence-electron chi connectivity index (χ2n) is 7.65. The zero-order chi connectivity index (χ0) is 26.2. The van der Waals surface area contributed by atoms with Crippen LogP contribution in [0.1, 0.15) is 17.0 Å². The fourth-order valence-electron chi connectivity index (χ4n) is 3.36. The van der Waals surface area contributed by atoms with E-state index in [1.54, 1.807) is 12.1 Å². The summed E-state index contributed by atoms with van der Waals surface area (Å²) in [6, 6.07) is 20.7. The van der Waals surface area contributed by atoms with E-state index in [1.807, 2.05) is 36.6 Å². The van der Waals surface area contributed by atoms with Crippen molar-refractivity contribution in [2.75, 3.05) is 6.54 Å². The van der Waals surface area contributed by atoms with Crippen molar-refractivity contribution < 1.29 is 46.7 Å². The van der Waals surface area contributed by atoms with Gasteiger partial charge in [-0.3, -0.25) is 4.79 Å². The Morgan fingerprint density at radius 2 is 1.43 bits per heavy atom. The summed E-state index contributed by atoms with van der Waals surface area (Å²) in [5, 5.41) is 8.02. The lowest BCUT2D eigenvalue weighted by Gasteiger charge is -2.17. The van der Waals surface area contributed by atoms with E-state index in [4.69, 9.17) is 23.8 Å². The summed E-state index contributed by atoms with van der Waals surface area (Å²) in [4.78, 5) is 12.5.